The van der Waals surface area contributed by atoms with Crippen molar-refractivity contribution >= 4 is 50.0 Å². The second-order valence-electron chi connectivity index (χ2n) is 0.516. The normalized spacial score (nSPS) is 4.80. The fourth-order valence-corrected chi connectivity index (χ4v) is 0. The van der Waals surface area contributed by atoms with E-state index in [1.807, 2.05) is 0 Å². The molecule has 0 aliphatic heterocycles. The number of rotatable bonds is 0. The first-order valence-corrected chi connectivity index (χ1v) is 1.24. The van der Waals surface area contributed by atoms with Crippen molar-refractivity contribution in [3.8, 4) is 0 Å². The van der Waals surface area contributed by atoms with Crippen LogP contribution in [0.25, 0.3) is 0 Å². The van der Waals surface area contributed by atoms with Crippen LogP contribution in [0.1, 0.15) is 0 Å². The molecule has 1 N–H and O–H groups in total. The zero-order valence-electron chi connectivity index (χ0n) is 5.20. The van der Waals surface area contributed by atoms with Gasteiger partial charge in [-0.2, -0.15) is 0 Å². The summed E-state index contributed by atoms with van der Waals surface area (Å²) in [5.41, 5.74) is 0. The van der Waals surface area contributed by atoms with E-state index in [0.29, 0.717) is 0 Å². The monoisotopic (exact) mass is 168 g/mol. The van der Waals surface area contributed by atoms with Crippen LogP contribution in [0.3, 0.4) is 0 Å². The summed E-state index contributed by atoms with van der Waals surface area (Å²) in [7, 11) is 0. The van der Waals surface area contributed by atoms with Crippen LogP contribution in [0.15, 0.2) is 0 Å². The first-order valence-electron chi connectivity index (χ1n) is 1.24. The number of carboxylic acid groups (broad SMARTS) is 4. The van der Waals surface area contributed by atoms with Crippen LogP contribution in [0, 0.1) is 0 Å². The van der Waals surface area contributed by atoms with E-state index >= 15 is 0 Å². The summed E-state index contributed by atoms with van der Waals surface area (Å²) >= 11 is 0. The van der Waals surface area contributed by atoms with E-state index in [1.165, 1.54) is 0 Å². The van der Waals surface area contributed by atoms with Crippen LogP contribution < -0.4 is 34.2 Å². The summed E-state index contributed by atoms with van der Waals surface area (Å²) in [6, 6.07) is 0. The van der Waals surface area contributed by atoms with Gasteiger partial charge in [-0.3, -0.25) is 0 Å². The topological polar surface area (TPSA) is 124 Å². The van der Waals surface area contributed by atoms with Crippen molar-refractivity contribution in [2.75, 3.05) is 0 Å². The van der Waals surface area contributed by atoms with Gasteiger partial charge in [0.15, 0.2) is 0 Å². The Kier molecular flexibility index (Phi) is 36.3. The number of hydrogen-bond donors (Lipinski definition) is 1. The minimum Gasteiger partial charge on any atom is -0.652 e. The molecule has 0 atom stereocenters. The second kappa shape index (κ2) is 16.2. The van der Waals surface area contributed by atoms with Gasteiger partial charge in [-0.15, -0.1) is 0 Å². The quantitative estimate of drug-likeness (QED) is 0.358. The van der Waals surface area contributed by atoms with Crippen LogP contribution in [-0.4, -0.2) is 55.2 Å². The van der Waals surface area contributed by atoms with Gasteiger partial charge in [0.05, 0.1) is 0 Å². The van der Waals surface area contributed by atoms with Gasteiger partial charge in [-0.25, -0.2) is 0 Å². The van der Waals surface area contributed by atoms with Gasteiger partial charge in [0.1, 0.15) is 0 Å². The Hall–Kier alpha value is 0.397. The van der Waals surface area contributed by atoms with Crippen LogP contribution in [0.5, 0.6) is 0 Å². The van der Waals surface area contributed by atoms with E-state index in [0.717, 1.165) is 0 Å². The standard InChI is InChI=1S/2CH2O3.Ca.Li/c2*2-1(3)4;;/h2*(H2,2,3,4);;/q;;+2;+1/p-3. The first-order chi connectivity index (χ1) is 3.46. The molecule has 0 radical (unpaired) electrons. The van der Waals surface area contributed by atoms with E-state index in [1.54, 1.807) is 0 Å². The summed E-state index contributed by atoms with van der Waals surface area (Å²) < 4.78 is 0. The Morgan fingerprint density at radius 1 is 1.10 bits per heavy atom. The average Bonchev–Trinajstić information content (AvgIpc) is 1.25. The van der Waals surface area contributed by atoms with Crippen LogP contribution >= 0.6 is 0 Å². The van der Waals surface area contributed by atoms with Gasteiger partial charge >= 0.3 is 56.6 Å². The van der Waals surface area contributed by atoms with E-state index < -0.39 is 12.3 Å². The molecule has 0 amide bonds. The number of carbonyl (C=O) groups is 2. The van der Waals surface area contributed by atoms with Gasteiger partial charge in [-0.1, -0.05) is 0 Å². The van der Waals surface area contributed by atoms with Crippen molar-refractivity contribution in [1.29, 1.82) is 0 Å². The molecule has 8 heteroatoms. The van der Waals surface area contributed by atoms with Crippen molar-refractivity contribution in [2.45, 2.75) is 0 Å². The Bertz CT molecular complexity index is 73.7. The maximum atomic E-state index is 8.44. The number of carbonyl (C=O) groups excluding carboxylic acids is 1. The molecule has 0 fully saturated rings. The van der Waals surface area contributed by atoms with Crippen LogP contribution in [0.2, 0.25) is 0 Å². The summed E-state index contributed by atoms with van der Waals surface area (Å²) in [6.45, 7) is 0. The molecule has 6 nitrogen and oxygen atoms in total. The third kappa shape index (κ3) is 2910. The Morgan fingerprint density at radius 2 is 1.10 bits per heavy atom. The van der Waals surface area contributed by atoms with E-state index in [-0.39, 0.29) is 56.6 Å². The average molecular weight is 168 g/mol. The van der Waals surface area contributed by atoms with E-state index in [4.69, 9.17) is 30.0 Å². The zero-order valence-corrected chi connectivity index (χ0v) is 7.40. The molecule has 0 saturated heterocycles. The predicted octanol–water partition coefficient (Wildman–Crippen LogP) is -6.94. The molecule has 0 aliphatic carbocycles. The molecule has 48 valence electrons. The summed E-state index contributed by atoms with van der Waals surface area (Å²) in [6.07, 6.45) is -4.42. The molecular weight excluding hydrogens is 167 g/mol. The predicted molar refractivity (Wildman–Crippen MR) is 19.2 cm³/mol. The van der Waals surface area contributed by atoms with Gasteiger partial charge < -0.3 is 30.0 Å². The largest absolute Gasteiger partial charge is 2.00 e. The summed E-state index contributed by atoms with van der Waals surface area (Å²) in [5.74, 6) is 0. The maximum absolute atomic E-state index is 8.44. The molecule has 0 spiro atoms. The molecule has 0 aromatic heterocycles. The fourth-order valence-electron chi connectivity index (χ4n) is 0. The molecule has 0 rings (SSSR count). The molecule has 0 aromatic rings. The van der Waals surface area contributed by atoms with Gasteiger partial charge in [0.25, 0.3) is 0 Å². The van der Waals surface area contributed by atoms with Gasteiger partial charge in [0, 0.05) is 0 Å². The molecule has 0 unspecified atom stereocenters. The Balaban J connectivity index is -0.0000000300. The zero-order chi connectivity index (χ0) is 7.15. The second-order valence-corrected chi connectivity index (χ2v) is 0.516. The van der Waals surface area contributed by atoms with Crippen LogP contribution in [0.4, 0.5) is 9.59 Å². The molecular formula is C2HCaLiO6. The van der Waals surface area contributed by atoms with Crippen molar-refractivity contribution in [1.82, 2.24) is 0 Å². The van der Waals surface area contributed by atoms with E-state index in [9.17, 15) is 0 Å². The molecule has 0 bridgehead atoms. The maximum Gasteiger partial charge on any atom is 2.00 e. The summed E-state index contributed by atoms with van der Waals surface area (Å²) in [5, 5.41) is 32.0. The van der Waals surface area contributed by atoms with Gasteiger partial charge in [0.2, 0.25) is 6.16 Å². The first kappa shape index (κ1) is 22.4. The SMILES string of the molecule is O=C([O-])O.O=C([O-])[O-].[Ca+2].[Li+]. The number of hydrogen-bond acceptors (Lipinski definition) is 5. The van der Waals surface area contributed by atoms with Crippen molar-refractivity contribution in [3.05, 3.63) is 0 Å². The molecule has 0 saturated carbocycles. The third-order valence-corrected chi connectivity index (χ3v) is 0. The van der Waals surface area contributed by atoms with Crippen molar-refractivity contribution in [3.63, 3.8) is 0 Å². The molecule has 10 heavy (non-hydrogen) atoms. The molecule has 0 aliphatic rings. The third-order valence-electron chi connectivity index (χ3n) is 0. The fraction of sp³-hybridized carbons (Fsp3) is 0. The Morgan fingerprint density at radius 3 is 1.10 bits per heavy atom. The molecule has 0 aromatic carbocycles. The smallest absolute Gasteiger partial charge is 0.652 e. The molecule has 0 heterocycles. The van der Waals surface area contributed by atoms with Crippen molar-refractivity contribution < 1.29 is 48.9 Å². The minimum atomic E-state index is -2.33. The van der Waals surface area contributed by atoms with Crippen molar-refractivity contribution in [2.24, 2.45) is 0 Å². The van der Waals surface area contributed by atoms with E-state index in [2.05, 4.69) is 0 Å². The summed E-state index contributed by atoms with van der Waals surface area (Å²) in [4.78, 5) is 16.8. The van der Waals surface area contributed by atoms with Gasteiger partial charge in [-0.05, 0) is 6.16 Å². The Labute approximate surface area is 98.0 Å². The minimum absolute atomic E-state index is 0. The van der Waals surface area contributed by atoms with Crippen LogP contribution in [-0.2, 0) is 0 Å².